The van der Waals surface area contributed by atoms with E-state index in [0.717, 1.165) is 49.2 Å². The lowest BCUT2D eigenvalue weighted by Gasteiger charge is -2.22. The van der Waals surface area contributed by atoms with Crippen molar-refractivity contribution >= 4 is 127 Å². The number of Topliss-reactive ketones (excluding diaryl/α,β-unsaturated/α-hetero) is 1. The summed E-state index contributed by atoms with van der Waals surface area (Å²) >= 11 is 21.4. The third-order valence-corrected chi connectivity index (χ3v) is 11.9. The Morgan fingerprint density at radius 3 is 1.82 bits per heavy atom. The van der Waals surface area contributed by atoms with E-state index in [1.807, 2.05) is 74.5 Å². The average Bonchev–Trinajstić information content (AvgIpc) is 3.67. The van der Waals surface area contributed by atoms with E-state index in [4.69, 9.17) is 42.7 Å². The molecule has 1 amide bonds. The number of hydrogen-bond acceptors (Lipinski definition) is 6. The standard InChI is InChI=1S/C43H34Br2Cl2N5O4/c1-7-51-25-15-12-21(48-41(54)43(5,6)45)19-22(25)31-27(51)16-13-23-37(31)55-39-33(46)36-40(34(47)35(39)49-23)56-38-24(50-36)14-17-28-32(38)30-20(18-29(53)42(3,4)44)10-9-11-26(30)52(28)8-2/h9-19H,7-8H2,1-6H3,(H,48,54). The van der Waals surface area contributed by atoms with Gasteiger partial charge in [0.05, 0.1) is 36.9 Å². The number of amides is 1. The van der Waals surface area contributed by atoms with Crippen LogP contribution in [0.1, 0.15) is 47.1 Å². The normalized spacial score (nSPS) is 13.4. The maximum atomic E-state index is 13.3. The maximum absolute atomic E-state index is 13.3. The van der Waals surface area contributed by atoms with Crippen LogP contribution in [0.4, 0.5) is 17.1 Å². The molecule has 0 aliphatic carbocycles. The number of hydrogen-bond donors (Lipinski definition) is 1. The first-order valence-electron chi connectivity index (χ1n) is 18.2. The highest BCUT2D eigenvalue weighted by Crippen LogP contribution is 2.50. The van der Waals surface area contributed by atoms with E-state index < -0.39 is 8.65 Å². The van der Waals surface area contributed by atoms with Gasteiger partial charge in [0, 0.05) is 40.6 Å². The summed E-state index contributed by atoms with van der Waals surface area (Å²) in [5, 5.41) is 7.49. The molecule has 1 N–H and O–H groups in total. The van der Waals surface area contributed by atoms with Crippen molar-refractivity contribution in [2.75, 3.05) is 5.32 Å². The Labute approximate surface area is 348 Å². The maximum Gasteiger partial charge on any atom is 0.240 e. The minimum Gasteiger partial charge on any atom is -0.450 e. The monoisotopic (exact) mass is 912 g/mol. The van der Waals surface area contributed by atoms with Crippen molar-refractivity contribution in [2.45, 2.75) is 63.3 Å². The Morgan fingerprint density at radius 2 is 1.25 bits per heavy atom. The number of alkyl halides is 2. The summed E-state index contributed by atoms with van der Waals surface area (Å²) < 4.78 is 16.4. The third-order valence-electron chi connectivity index (χ3n) is 10.4. The van der Waals surface area contributed by atoms with Gasteiger partial charge in [-0.3, -0.25) is 9.59 Å². The number of anilines is 1. The lowest BCUT2D eigenvalue weighted by Crippen LogP contribution is -2.30. The Hall–Kier alpha value is -4.42. The smallest absolute Gasteiger partial charge is 0.240 e. The Balaban J connectivity index is 1.23. The summed E-state index contributed by atoms with van der Waals surface area (Å²) in [6, 6.07) is 19.6. The fraction of sp³-hybridized carbons (Fsp3) is 0.233. The first kappa shape index (κ1) is 37.2. The topological polar surface area (TPSA) is 99.2 Å². The molecule has 0 spiro atoms. The van der Waals surface area contributed by atoms with Crippen LogP contribution >= 0.6 is 55.1 Å². The number of aromatic nitrogens is 2. The molecule has 0 saturated carbocycles. The highest BCUT2D eigenvalue weighted by Gasteiger charge is 2.32. The van der Waals surface area contributed by atoms with Crippen molar-refractivity contribution in [3.8, 4) is 23.0 Å². The van der Waals surface area contributed by atoms with Crippen LogP contribution in [0.5, 0.6) is 23.0 Å². The fourth-order valence-corrected chi connectivity index (χ4v) is 8.39. The van der Waals surface area contributed by atoms with Gasteiger partial charge in [0.15, 0.2) is 28.8 Å². The number of halogens is 4. The van der Waals surface area contributed by atoms with Crippen molar-refractivity contribution in [1.82, 2.24) is 9.13 Å². The second-order valence-corrected chi connectivity index (χ2v) is 19.6. The van der Waals surface area contributed by atoms with Gasteiger partial charge in [0.25, 0.3) is 0 Å². The quantitative estimate of drug-likeness (QED) is 0.161. The first-order chi connectivity index (χ1) is 26.6. The molecule has 0 bridgehead atoms. The molecule has 0 fully saturated rings. The van der Waals surface area contributed by atoms with Gasteiger partial charge < -0.3 is 23.9 Å². The summed E-state index contributed by atoms with van der Waals surface area (Å²) in [5.41, 5.74) is 6.37. The van der Waals surface area contributed by atoms with Crippen molar-refractivity contribution < 1.29 is 19.1 Å². The van der Waals surface area contributed by atoms with Crippen molar-refractivity contribution in [3.05, 3.63) is 93.4 Å². The van der Waals surface area contributed by atoms with E-state index in [-0.39, 0.29) is 33.2 Å². The molecule has 283 valence electrons. The van der Waals surface area contributed by atoms with Gasteiger partial charge in [-0.05, 0) is 95.6 Å². The number of aryl methyl sites for hydroxylation is 2. The lowest BCUT2D eigenvalue weighted by atomic mass is 9.96. The van der Waals surface area contributed by atoms with Gasteiger partial charge in [-0.25, -0.2) is 9.98 Å². The predicted molar refractivity (Wildman–Crippen MR) is 232 cm³/mol. The Morgan fingerprint density at radius 1 is 0.714 bits per heavy atom. The van der Waals surface area contributed by atoms with E-state index in [0.29, 0.717) is 52.4 Å². The van der Waals surface area contributed by atoms with Gasteiger partial charge in [-0.2, -0.15) is 0 Å². The number of fused-ring (bicyclic) bond motifs is 12. The van der Waals surface area contributed by atoms with Crippen LogP contribution in [-0.2, 0) is 22.7 Å². The predicted octanol–water partition coefficient (Wildman–Crippen LogP) is 11.8. The molecule has 0 atom stereocenters. The van der Waals surface area contributed by atoms with Gasteiger partial charge >= 0.3 is 0 Å². The first-order valence-corrected chi connectivity index (χ1v) is 20.5. The third kappa shape index (κ3) is 5.60. The molecule has 56 heavy (non-hydrogen) atoms. The minimum atomic E-state index is -0.748. The highest BCUT2D eigenvalue weighted by atomic mass is 79.9. The van der Waals surface area contributed by atoms with E-state index >= 15 is 0 Å². The largest absolute Gasteiger partial charge is 0.450 e. The summed E-state index contributed by atoms with van der Waals surface area (Å²) in [6.07, 6.45) is 1.67. The van der Waals surface area contributed by atoms with Gasteiger partial charge in [0.1, 0.15) is 32.1 Å². The fourth-order valence-electron chi connectivity index (χ4n) is 7.67. The van der Waals surface area contributed by atoms with Gasteiger partial charge in [-0.1, -0.05) is 67.2 Å². The average molecular weight is 915 g/mol. The zero-order valence-electron chi connectivity index (χ0n) is 31.2. The lowest BCUT2D eigenvalue weighted by molar-refractivity contribution is -0.118. The molecule has 2 aliphatic heterocycles. The molecule has 9 nitrogen and oxygen atoms in total. The number of benzene rings is 5. The van der Waals surface area contributed by atoms with Crippen LogP contribution in [0.25, 0.3) is 43.6 Å². The Bertz CT molecular complexity index is 3050. The Kier molecular flexibility index (Phi) is 8.67. The van der Waals surface area contributed by atoms with Crippen LogP contribution in [0, 0.1) is 6.42 Å². The number of rotatable bonds is 7. The van der Waals surface area contributed by atoms with Crippen LogP contribution in [-0.4, -0.2) is 29.5 Å². The van der Waals surface area contributed by atoms with Crippen molar-refractivity contribution in [1.29, 1.82) is 0 Å². The van der Waals surface area contributed by atoms with E-state index in [1.165, 1.54) is 0 Å². The zero-order chi connectivity index (χ0) is 39.6. The molecule has 0 saturated heterocycles. The number of ketones is 1. The molecule has 0 unspecified atom stereocenters. The molecule has 1 radical (unpaired) electrons. The van der Waals surface area contributed by atoms with E-state index in [2.05, 4.69) is 60.2 Å². The number of nitrogens with zero attached hydrogens (tertiary/aromatic N) is 4. The number of carbonyl (C=O) groups excluding carboxylic acids is 2. The summed E-state index contributed by atoms with van der Waals surface area (Å²) in [7, 11) is 0. The van der Waals surface area contributed by atoms with Crippen LogP contribution < -0.4 is 25.5 Å². The molecule has 13 heteroatoms. The molecule has 5 aromatic carbocycles. The molecule has 2 aliphatic rings. The van der Waals surface area contributed by atoms with Crippen LogP contribution in [0.2, 0.25) is 10.0 Å². The van der Waals surface area contributed by atoms with Crippen LogP contribution in [0.3, 0.4) is 0 Å². The van der Waals surface area contributed by atoms with E-state index in [1.54, 1.807) is 20.3 Å². The summed E-state index contributed by atoms with van der Waals surface area (Å²) in [6.45, 7) is 12.8. The second-order valence-electron chi connectivity index (χ2n) is 14.9. The number of nitrogens with one attached hydrogen (secondary N) is 1. The minimum absolute atomic E-state index is 0.0612. The number of carbonyl (C=O) groups is 2. The molecule has 9 rings (SSSR count). The second kappa shape index (κ2) is 13.1. The highest BCUT2D eigenvalue weighted by molar-refractivity contribution is 9.10. The molecule has 2 aromatic heterocycles. The molecular weight excluding hydrogens is 881 g/mol. The molecule has 7 aromatic rings. The van der Waals surface area contributed by atoms with Gasteiger partial charge in [-0.15, -0.1) is 0 Å². The van der Waals surface area contributed by atoms with Crippen LogP contribution in [0.15, 0.2) is 70.6 Å². The molecular formula is C43H34Br2Cl2N5O4. The van der Waals surface area contributed by atoms with Crippen molar-refractivity contribution in [2.24, 2.45) is 9.98 Å². The molecule has 4 heterocycles. The summed E-state index contributed by atoms with van der Waals surface area (Å²) in [4.78, 5) is 36.2. The van der Waals surface area contributed by atoms with E-state index in [9.17, 15) is 9.59 Å². The summed E-state index contributed by atoms with van der Waals surface area (Å²) in [5.74, 6) is 1.34. The van der Waals surface area contributed by atoms with Crippen molar-refractivity contribution in [3.63, 3.8) is 0 Å². The SMILES string of the molecule is CCn1c2ccc(NC(=O)C(C)(C)Br)cc2c2c3c(ccc21)N=c1c(Cl)c2c(c(Cl)c1O3)=Nc1ccc3c(c1O2)c1c([CH]C(=O)C(C)(C)Br)cccc1n3CC. The zero-order valence-corrected chi connectivity index (χ0v) is 35.9. The number of ether oxygens (including phenoxy) is 2. The van der Waals surface area contributed by atoms with Gasteiger partial charge in [0.2, 0.25) is 5.91 Å².